The number of aromatic nitrogens is 5. The Morgan fingerprint density at radius 1 is 1.31 bits per heavy atom. The molecule has 4 aromatic rings. The highest BCUT2D eigenvalue weighted by Crippen LogP contribution is 2.39. The van der Waals surface area contributed by atoms with Gasteiger partial charge in [-0.25, -0.2) is 9.97 Å². The molecule has 13 nitrogen and oxygen atoms in total. The molecule has 0 aliphatic carbocycles. The minimum atomic E-state index is -4.65. The van der Waals surface area contributed by atoms with Crippen molar-refractivity contribution in [1.29, 1.82) is 0 Å². The highest BCUT2D eigenvalue weighted by Gasteiger charge is 2.37. The average molecular weight is 651 g/mol. The van der Waals surface area contributed by atoms with E-state index in [0.717, 1.165) is 13.1 Å². The summed E-state index contributed by atoms with van der Waals surface area (Å²) in [5, 5.41) is 16.2. The van der Waals surface area contributed by atoms with Crippen LogP contribution in [0.25, 0.3) is 16.8 Å². The number of hydrogen-bond donors (Lipinski definition) is 3. The summed E-state index contributed by atoms with van der Waals surface area (Å²) in [5.74, 6) is -0.848. The first-order valence-electron chi connectivity index (χ1n) is 13.8. The summed E-state index contributed by atoms with van der Waals surface area (Å²) in [6.45, 7) is 5.36. The van der Waals surface area contributed by atoms with Crippen LogP contribution < -0.4 is 15.8 Å². The SMILES string of the molecule is CCOc1cc(C(=O)Nc2cc(C(F)(F)F)n(C)n2)ccc1-c1nc([C@H]2CN(C(=O)[C@H](C)O)[C@@H](C)CO2)n2c(Cl)cnc(N)c12. The number of nitrogens with zero attached hydrogens (tertiary/aromatic N) is 6. The lowest BCUT2D eigenvalue weighted by Crippen LogP contribution is -2.51. The Morgan fingerprint density at radius 2 is 2.04 bits per heavy atom. The molecule has 1 aliphatic heterocycles. The minimum Gasteiger partial charge on any atom is -0.493 e. The van der Waals surface area contributed by atoms with Gasteiger partial charge in [-0.15, -0.1) is 0 Å². The largest absolute Gasteiger partial charge is 0.493 e. The van der Waals surface area contributed by atoms with Crippen LogP contribution in [0.5, 0.6) is 5.75 Å². The van der Waals surface area contributed by atoms with Gasteiger partial charge in [0.25, 0.3) is 11.8 Å². The molecule has 2 amide bonds. The Bertz CT molecular complexity index is 1770. The molecule has 240 valence electrons. The number of aliphatic hydroxyl groups is 1. The lowest BCUT2D eigenvalue weighted by Gasteiger charge is -2.38. The molecule has 1 saturated heterocycles. The fraction of sp³-hybridized carbons (Fsp3) is 0.393. The molecule has 3 atom stereocenters. The van der Waals surface area contributed by atoms with Gasteiger partial charge in [-0.1, -0.05) is 11.6 Å². The summed E-state index contributed by atoms with van der Waals surface area (Å²) in [5.41, 5.74) is 6.39. The number of morpholine rings is 1. The number of nitrogens with two attached hydrogens (primary N) is 1. The van der Waals surface area contributed by atoms with Crippen molar-refractivity contribution in [3.63, 3.8) is 0 Å². The number of aliphatic hydroxyl groups excluding tert-OH is 1. The van der Waals surface area contributed by atoms with E-state index in [4.69, 9.17) is 31.8 Å². The van der Waals surface area contributed by atoms with E-state index < -0.39 is 35.9 Å². The molecule has 1 aliphatic rings. The zero-order valence-electron chi connectivity index (χ0n) is 24.6. The number of carbonyl (C=O) groups excluding carboxylic acids is 2. The van der Waals surface area contributed by atoms with Gasteiger partial charge in [0.05, 0.1) is 32.0 Å². The summed E-state index contributed by atoms with van der Waals surface area (Å²) in [7, 11) is 1.12. The van der Waals surface area contributed by atoms with Crippen LogP contribution in [0.3, 0.4) is 0 Å². The average Bonchev–Trinajstić information content (AvgIpc) is 3.56. The second kappa shape index (κ2) is 12.2. The van der Waals surface area contributed by atoms with E-state index in [9.17, 15) is 27.9 Å². The van der Waals surface area contributed by atoms with Crippen LogP contribution in [-0.2, 0) is 22.8 Å². The topological polar surface area (TPSA) is 162 Å². The number of carbonyl (C=O) groups is 2. The lowest BCUT2D eigenvalue weighted by molar-refractivity contribution is -0.152. The molecule has 5 rings (SSSR count). The minimum absolute atomic E-state index is 0.0724. The Balaban J connectivity index is 1.55. The van der Waals surface area contributed by atoms with Gasteiger partial charge in [0.2, 0.25) is 0 Å². The Morgan fingerprint density at radius 3 is 2.69 bits per heavy atom. The monoisotopic (exact) mass is 650 g/mol. The van der Waals surface area contributed by atoms with Gasteiger partial charge >= 0.3 is 6.18 Å². The normalized spacial score (nSPS) is 17.8. The van der Waals surface area contributed by atoms with Crippen molar-refractivity contribution >= 4 is 40.6 Å². The van der Waals surface area contributed by atoms with Crippen LogP contribution in [0.4, 0.5) is 24.8 Å². The first-order chi connectivity index (χ1) is 21.2. The van der Waals surface area contributed by atoms with Crippen LogP contribution in [0.15, 0.2) is 30.5 Å². The molecule has 4 N–H and O–H groups in total. The summed E-state index contributed by atoms with van der Waals surface area (Å²) >= 11 is 6.58. The first-order valence-corrected chi connectivity index (χ1v) is 14.2. The molecule has 1 fully saturated rings. The number of hydrogen-bond acceptors (Lipinski definition) is 9. The molecule has 1 aromatic carbocycles. The molecule has 17 heteroatoms. The molecule has 0 bridgehead atoms. The number of anilines is 2. The third kappa shape index (κ3) is 6.12. The predicted octanol–water partition coefficient (Wildman–Crippen LogP) is 3.70. The molecular formula is C28H30ClF3N8O5. The van der Waals surface area contributed by atoms with Crippen LogP contribution in [0, 0.1) is 0 Å². The van der Waals surface area contributed by atoms with Gasteiger partial charge in [-0.2, -0.15) is 18.3 Å². The molecule has 4 heterocycles. The van der Waals surface area contributed by atoms with E-state index in [1.165, 1.54) is 30.2 Å². The maximum atomic E-state index is 13.2. The van der Waals surface area contributed by atoms with E-state index in [1.54, 1.807) is 24.3 Å². The highest BCUT2D eigenvalue weighted by molar-refractivity contribution is 6.30. The fourth-order valence-corrected chi connectivity index (χ4v) is 5.33. The van der Waals surface area contributed by atoms with Crippen LogP contribution in [0.1, 0.15) is 48.8 Å². The number of alkyl halides is 3. The summed E-state index contributed by atoms with van der Waals surface area (Å²) in [6.07, 6.45) is -5.27. The van der Waals surface area contributed by atoms with Gasteiger partial charge in [0.15, 0.2) is 5.82 Å². The second-order valence-electron chi connectivity index (χ2n) is 10.4. The van der Waals surface area contributed by atoms with Crippen molar-refractivity contribution in [2.45, 2.75) is 45.2 Å². The van der Waals surface area contributed by atoms with E-state index in [0.29, 0.717) is 27.3 Å². The molecule has 0 radical (unpaired) electrons. The van der Waals surface area contributed by atoms with Crippen molar-refractivity contribution < 1.29 is 37.3 Å². The number of rotatable bonds is 7. The summed E-state index contributed by atoms with van der Waals surface area (Å²) in [6, 6.07) is 4.85. The summed E-state index contributed by atoms with van der Waals surface area (Å²) < 4.78 is 53.7. The number of amides is 2. The standard InChI is InChI=1S/C28H30ClF3N8O5/c1-5-44-17-8-15(26(42)35-21-9-19(28(30,31)32)38(4)37-21)6-7-16(17)22-23-24(33)34-10-20(29)40(23)25(36-22)18-11-39(13(2)12-45-18)27(43)14(3)41/h6-10,13-14,18,41H,5,11-12H2,1-4H3,(H2,33,34)(H,35,37,42)/t13-,14-,18+/m0/s1. The van der Waals surface area contributed by atoms with Crippen molar-refractivity contribution in [3.8, 4) is 17.0 Å². The second-order valence-corrected chi connectivity index (χ2v) is 10.8. The van der Waals surface area contributed by atoms with Gasteiger partial charge in [0, 0.05) is 24.2 Å². The predicted molar refractivity (Wildman–Crippen MR) is 157 cm³/mol. The number of aryl methyl sites for hydroxylation is 1. The lowest BCUT2D eigenvalue weighted by atomic mass is 10.1. The highest BCUT2D eigenvalue weighted by atomic mass is 35.5. The maximum Gasteiger partial charge on any atom is 0.433 e. The van der Waals surface area contributed by atoms with E-state index >= 15 is 0 Å². The summed E-state index contributed by atoms with van der Waals surface area (Å²) in [4.78, 5) is 36.3. The van der Waals surface area contributed by atoms with Crippen molar-refractivity contribution in [2.24, 2.45) is 7.05 Å². The van der Waals surface area contributed by atoms with Crippen LogP contribution in [0.2, 0.25) is 5.15 Å². The third-order valence-corrected chi connectivity index (χ3v) is 7.51. The molecule has 0 unspecified atom stereocenters. The van der Waals surface area contributed by atoms with Crippen molar-refractivity contribution in [1.82, 2.24) is 29.0 Å². The van der Waals surface area contributed by atoms with Crippen molar-refractivity contribution in [2.75, 3.05) is 30.8 Å². The van der Waals surface area contributed by atoms with Crippen LogP contribution in [-0.4, -0.2) is 77.9 Å². The quantitative estimate of drug-likeness (QED) is 0.271. The van der Waals surface area contributed by atoms with E-state index in [2.05, 4.69) is 15.4 Å². The van der Waals surface area contributed by atoms with Gasteiger partial charge < -0.3 is 30.5 Å². The number of imidazole rings is 1. The smallest absolute Gasteiger partial charge is 0.433 e. The third-order valence-electron chi connectivity index (χ3n) is 7.24. The Labute approximate surface area is 259 Å². The molecule has 3 aromatic heterocycles. The van der Waals surface area contributed by atoms with Crippen molar-refractivity contribution in [3.05, 3.63) is 52.7 Å². The van der Waals surface area contributed by atoms with Gasteiger partial charge in [-0.3, -0.25) is 18.7 Å². The Hall–Kier alpha value is -4.41. The Kier molecular flexibility index (Phi) is 8.66. The fourth-order valence-electron chi connectivity index (χ4n) is 5.11. The number of nitrogen functional groups attached to an aromatic ring is 1. The number of nitrogens with one attached hydrogen (secondary N) is 1. The molecule has 45 heavy (non-hydrogen) atoms. The molecule has 0 saturated carbocycles. The number of fused-ring (bicyclic) bond motifs is 1. The van der Waals surface area contributed by atoms with E-state index in [-0.39, 0.29) is 53.9 Å². The van der Waals surface area contributed by atoms with E-state index in [1.807, 2.05) is 0 Å². The van der Waals surface area contributed by atoms with Gasteiger partial charge in [-0.05, 0) is 39.0 Å². The van der Waals surface area contributed by atoms with Gasteiger partial charge in [0.1, 0.15) is 51.7 Å². The zero-order valence-corrected chi connectivity index (χ0v) is 25.3. The maximum absolute atomic E-state index is 13.2. The zero-order chi connectivity index (χ0) is 32.8. The molecular weight excluding hydrogens is 621 g/mol. The molecule has 0 spiro atoms. The number of ether oxygens (including phenoxy) is 2. The first kappa shape index (κ1) is 32.0. The number of halogens is 4. The van der Waals surface area contributed by atoms with Crippen LogP contribution >= 0.6 is 11.6 Å². The number of benzene rings is 1.